The second kappa shape index (κ2) is 7.11. The van der Waals surface area contributed by atoms with Crippen molar-refractivity contribution < 1.29 is 0 Å². The van der Waals surface area contributed by atoms with Crippen LogP contribution in [0.25, 0.3) is 22.8 Å². The van der Waals surface area contributed by atoms with E-state index in [1.54, 1.807) is 0 Å². The number of nitrogens with zero attached hydrogens (tertiary/aromatic N) is 3. The van der Waals surface area contributed by atoms with E-state index < -0.39 is 0 Å². The molecular formula is C21H16BrN3. The van der Waals surface area contributed by atoms with Crippen molar-refractivity contribution in [1.29, 1.82) is 0 Å². The Morgan fingerprint density at radius 2 is 1.56 bits per heavy atom. The molecule has 4 heteroatoms. The highest BCUT2D eigenvalue weighted by atomic mass is 79.9. The molecule has 2 aromatic carbocycles. The van der Waals surface area contributed by atoms with Crippen molar-refractivity contribution in [3.05, 3.63) is 89.2 Å². The number of hydrogen-bond acceptors (Lipinski definition) is 3. The number of rotatable bonds is 3. The van der Waals surface area contributed by atoms with Crippen molar-refractivity contribution in [3.63, 3.8) is 0 Å². The van der Waals surface area contributed by atoms with Crippen LogP contribution >= 0.6 is 15.9 Å². The van der Waals surface area contributed by atoms with E-state index in [1.807, 2.05) is 54.6 Å². The topological polar surface area (TPSA) is 38.7 Å². The Labute approximate surface area is 155 Å². The van der Waals surface area contributed by atoms with Gasteiger partial charge in [-0.3, -0.25) is 0 Å². The van der Waals surface area contributed by atoms with E-state index in [0.717, 1.165) is 27.8 Å². The van der Waals surface area contributed by atoms with Gasteiger partial charge in [0.1, 0.15) is 5.82 Å². The second-order valence-corrected chi connectivity index (χ2v) is 6.79. The van der Waals surface area contributed by atoms with Gasteiger partial charge in [-0.2, -0.15) is 0 Å². The summed E-state index contributed by atoms with van der Waals surface area (Å²) in [5, 5.41) is 0. The summed E-state index contributed by atoms with van der Waals surface area (Å²) in [5.74, 6) is 2.41. The Bertz CT molecular complexity index is 948. The molecule has 25 heavy (non-hydrogen) atoms. The summed E-state index contributed by atoms with van der Waals surface area (Å²) in [4.78, 5) is 14.2. The molecule has 122 valence electrons. The molecule has 1 aliphatic rings. The monoisotopic (exact) mass is 389 g/mol. The molecule has 1 aromatic heterocycles. The fourth-order valence-electron chi connectivity index (χ4n) is 2.80. The molecule has 0 amide bonds. The van der Waals surface area contributed by atoms with Gasteiger partial charge in [-0.25, -0.2) is 15.0 Å². The summed E-state index contributed by atoms with van der Waals surface area (Å²) in [7, 11) is 0. The summed E-state index contributed by atoms with van der Waals surface area (Å²) in [6.45, 7) is 0. The highest BCUT2D eigenvalue weighted by molar-refractivity contribution is 9.10. The lowest BCUT2D eigenvalue weighted by atomic mass is 10.00. The predicted molar refractivity (Wildman–Crippen MR) is 104 cm³/mol. The van der Waals surface area contributed by atoms with E-state index in [0.29, 0.717) is 11.6 Å². The number of halogens is 1. The molecule has 0 bridgehead atoms. The van der Waals surface area contributed by atoms with Crippen LogP contribution in [-0.4, -0.2) is 15.0 Å². The smallest absolute Gasteiger partial charge is 0.163 e. The number of hydrogen-bond donors (Lipinski definition) is 0. The zero-order valence-electron chi connectivity index (χ0n) is 13.5. The molecule has 0 N–H and O–H groups in total. The summed E-state index contributed by atoms with van der Waals surface area (Å²) in [6.07, 6.45) is 9.32. The van der Waals surface area contributed by atoms with Crippen molar-refractivity contribution in [3.8, 4) is 22.8 Å². The molecular weight excluding hydrogens is 374 g/mol. The Kier molecular flexibility index (Phi) is 4.53. The third-order valence-electron chi connectivity index (χ3n) is 4.08. The molecule has 1 aliphatic carbocycles. The lowest BCUT2D eigenvalue weighted by Crippen LogP contribution is -2.07. The van der Waals surface area contributed by atoms with Gasteiger partial charge in [-0.1, -0.05) is 82.7 Å². The van der Waals surface area contributed by atoms with Crippen molar-refractivity contribution in [2.75, 3.05) is 0 Å². The Hall–Kier alpha value is -2.59. The third kappa shape index (κ3) is 3.59. The largest absolute Gasteiger partial charge is 0.212 e. The van der Waals surface area contributed by atoms with E-state index in [4.69, 9.17) is 15.0 Å². The normalized spacial score (nSPS) is 16.1. The molecule has 4 rings (SSSR count). The van der Waals surface area contributed by atoms with Crippen LogP contribution in [0.2, 0.25) is 0 Å². The molecule has 0 spiro atoms. The van der Waals surface area contributed by atoms with Gasteiger partial charge >= 0.3 is 0 Å². The first-order valence-corrected chi connectivity index (χ1v) is 8.99. The van der Waals surface area contributed by atoms with E-state index >= 15 is 0 Å². The van der Waals surface area contributed by atoms with Crippen molar-refractivity contribution in [1.82, 2.24) is 15.0 Å². The minimum absolute atomic E-state index is 0.182. The molecule has 0 radical (unpaired) electrons. The van der Waals surface area contributed by atoms with E-state index in [9.17, 15) is 0 Å². The number of benzene rings is 2. The van der Waals surface area contributed by atoms with Gasteiger partial charge in [-0.05, 0) is 18.6 Å². The third-order valence-corrected chi connectivity index (χ3v) is 4.57. The standard InChI is InChI=1S/C21H16BrN3/c22-18-13-7-12-17(14-18)21-24-19(15-8-3-1-4-9-15)23-20(25-21)16-10-5-2-6-11-16/h1-10,12-14,16H,11H2. The average Bonchev–Trinajstić information content (AvgIpc) is 2.69. The van der Waals surface area contributed by atoms with Crippen LogP contribution in [0, 0.1) is 0 Å². The fourth-order valence-corrected chi connectivity index (χ4v) is 3.20. The first kappa shape index (κ1) is 15.9. The minimum Gasteiger partial charge on any atom is -0.212 e. The predicted octanol–water partition coefficient (Wildman–Crippen LogP) is 5.57. The molecule has 0 saturated heterocycles. The van der Waals surface area contributed by atoms with E-state index in [-0.39, 0.29) is 5.92 Å². The molecule has 1 heterocycles. The minimum atomic E-state index is 0.182. The lowest BCUT2D eigenvalue weighted by Gasteiger charge is -2.14. The van der Waals surface area contributed by atoms with Gasteiger partial charge in [0.05, 0.1) is 0 Å². The number of aromatic nitrogens is 3. The maximum Gasteiger partial charge on any atom is 0.163 e. The van der Waals surface area contributed by atoms with Crippen LogP contribution in [0.5, 0.6) is 0 Å². The highest BCUT2D eigenvalue weighted by Crippen LogP contribution is 2.27. The van der Waals surface area contributed by atoms with Crippen molar-refractivity contribution in [2.45, 2.75) is 12.3 Å². The number of allylic oxidation sites excluding steroid dienone is 4. The summed E-state index contributed by atoms with van der Waals surface area (Å²) in [6, 6.07) is 18.1. The summed E-state index contributed by atoms with van der Waals surface area (Å²) < 4.78 is 1.01. The Morgan fingerprint density at radius 3 is 2.28 bits per heavy atom. The Morgan fingerprint density at radius 1 is 0.800 bits per heavy atom. The second-order valence-electron chi connectivity index (χ2n) is 5.87. The quantitative estimate of drug-likeness (QED) is 0.587. The van der Waals surface area contributed by atoms with E-state index in [1.165, 1.54) is 0 Å². The van der Waals surface area contributed by atoms with Gasteiger partial charge in [0.15, 0.2) is 11.6 Å². The SMILES string of the molecule is Brc1cccc(-c2nc(-c3ccccc3)nc(C3C=CC=CC3)n2)c1. The fraction of sp³-hybridized carbons (Fsp3) is 0.0952. The molecule has 1 unspecified atom stereocenters. The first-order chi connectivity index (χ1) is 12.3. The Balaban J connectivity index is 1.86. The first-order valence-electron chi connectivity index (χ1n) is 8.20. The van der Waals surface area contributed by atoms with Gasteiger partial charge in [0.25, 0.3) is 0 Å². The van der Waals surface area contributed by atoms with Crippen molar-refractivity contribution >= 4 is 15.9 Å². The maximum absolute atomic E-state index is 4.77. The molecule has 0 aliphatic heterocycles. The molecule has 0 fully saturated rings. The highest BCUT2D eigenvalue weighted by Gasteiger charge is 2.17. The van der Waals surface area contributed by atoms with Crippen LogP contribution in [0.4, 0.5) is 0 Å². The van der Waals surface area contributed by atoms with Crippen LogP contribution in [0.15, 0.2) is 83.4 Å². The van der Waals surface area contributed by atoms with Crippen molar-refractivity contribution in [2.24, 2.45) is 0 Å². The zero-order chi connectivity index (χ0) is 17.1. The maximum atomic E-state index is 4.77. The van der Waals surface area contributed by atoms with Gasteiger partial charge in [0, 0.05) is 21.5 Å². The van der Waals surface area contributed by atoms with Crippen LogP contribution < -0.4 is 0 Å². The zero-order valence-corrected chi connectivity index (χ0v) is 15.1. The van der Waals surface area contributed by atoms with E-state index in [2.05, 4.69) is 40.2 Å². The molecule has 3 nitrogen and oxygen atoms in total. The molecule has 3 aromatic rings. The van der Waals surface area contributed by atoms with Gasteiger partial charge in [-0.15, -0.1) is 0 Å². The lowest BCUT2D eigenvalue weighted by molar-refractivity contribution is 0.764. The van der Waals surface area contributed by atoms with Gasteiger partial charge < -0.3 is 0 Å². The van der Waals surface area contributed by atoms with Crippen LogP contribution in [-0.2, 0) is 0 Å². The van der Waals surface area contributed by atoms with Crippen LogP contribution in [0.3, 0.4) is 0 Å². The van der Waals surface area contributed by atoms with Gasteiger partial charge in [0.2, 0.25) is 0 Å². The summed E-state index contributed by atoms with van der Waals surface area (Å²) >= 11 is 3.53. The van der Waals surface area contributed by atoms with Crippen LogP contribution in [0.1, 0.15) is 18.2 Å². The molecule has 0 saturated carbocycles. The summed E-state index contributed by atoms with van der Waals surface area (Å²) in [5.41, 5.74) is 1.98. The average molecular weight is 390 g/mol. The molecule has 1 atom stereocenters.